The molecule has 0 fully saturated rings. The van der Waals surface area contributed by atoms with Crippen LogP contribution in [0.2, 0.25) is 5.02 Å². The van der Waals surface area contributed by atoms with Crippen molar-refractivity contribution in [2.45, 2.75) is 39.8 Å². The third-order valence-electron chi connectivity index (χ3n) is 4.43. The molecule has 2 aromatic carbocycles. The van der Waals surface area contributed by atoms with Crippen LogP contribution in [0.25, 0.3) is 10.9 Å². The molecule has 7 heteroatoms. The van der Waals surface area contributed by atoms with Gasteiger partial charge in [0.15, 0.2) is 5.75 Å². The monoisotopic (exact) mass is 429 g/mol. The molecule has 158 valence electrons. The van der Waals surface area contributed by atoms with Gasteiger partial charge in [-0.2, -0.15) is 0 Å². The Hall–Kier alpha value is -2.99. The number of hydrogen-bond acceptors (Lipinski definition) is 5. The van der Waals surface area contributed by atoms with Crippen LogP contribution >= 0.6 is 11.6 Å². The lowest BCUT2D eigenvalue weighted by Gasteiger charge is -2.20. The number of aromatic nitrogens is 1. The molecule has 0 aliphatic heterocycles. The van der Waals surface area contributed by atoms with E-state index in [1.54, 1.807) is 36.4 Å². The molecule has 0 saturated heterocycles. The Bertz CT molecular complexity index is 1090. The number of halogens is 1. The highest BCUT2D eigenvalue weighted by Crippen LogP contribution is 2.37. The molecule has 0 spiro atoms. The quantitative estimate of drug-likeness (QED) is 0.499. The van der Waals surface area contributed by atoms with Crippen molar-refractivity contribution in [2.75, 3.05) is 7.11 Å². The first-order chi connectivity index (χ1) is 14.1. The molecule has 0 amide bonds. The Labute approximate surface area is 180 Å². The fourth-order valence-electron chi connectivity index (χ4n) is 3.15. The summed E-state index contributed by atoms with van der Waals surface area (Å²) in [6, 6.07) is 12.0. The Morgan fingerprint density at radius 2 is 1.73 bits per heavy atom. The van der Waals surface area contributed by atoms with E-state index in [0.717, 1.165) is 16.6 Å². The molecule has 1 heterocycles. The molecule has 0 N–H and O–H groups in total. The highest BCUT2D eigenvalue weighted by molar-refractivity contribution is 6.31. The first-order valence-corrected chi connectivity index (χ1v) is 9.83. The predicted molar refractivity (Wildman–Crippen MR) is 115 cm³/mol. The highest BCUT2D eigenvalue weighted by atomic mass is 35.5. The number of methoxy groups -OCH3 is 1. The van der Waals surface area contributed by atoms with Crippen molar-refractivity contribution in [2.24, 2.45) is 0 Å². The minimum Gasteiger partial charge on any atom is -0.465 e. The topological polar surface area (TPSA) is 66.8 Å². The van der Waals surface area contributed by atoms with Crippen molar-refractivity contribution in [3.63, 3.8) is 0 Å². The summed E-state index contributed by atoms with van der Waals surface area (Å²) in [7, 11) is 1.33. The van der Waals surface area contributed by atoms with E-state index in [2.05, 4.69) is 0 Å². The van der Waals surface area contributed by atoms with Crippen molar-refractivity contribution in [3.05, 3.63) is 58.7 Å². The van der Waals surface area contributed by atoms with Gasteiger partial charge in [-0.3, -0.25) is 4.79 Å². The molecule has 0 radical (unpaired) electrons. The van der Waals surface area contributed by atoms with E-state index in [1.165, 1.54) is 7.11 Å². The Morgan fingerprint density at radius 3 is 2.33 bits per heavy atom. The second-order valence-electron chi connectivity index (χ2n) is 7.87. The van der Waals surface area contributed by atoms with E-state index < -0.39 is 11.6 Å². The lowest BCUT2D eigenvalue weighted by atomic mass is 10.2. The number of fused-ring (bicyclic) bond motifs is 1. The normalized spacial score (nSPS) is 11.4. The van der Waals surface area contributed by atoms with E-state index in [1.807, 2.05) is 38.3 Å². The van der Waals surface area contributed by atoms with Gasteiger partial charge in [0.2, 0.25) is 0 Å². The van der Waals surface area contributed by atoms with E-state index >= 15 is 0 Å². The van der Waals surface area contributed by atoms with Crippen LogP contribution in [0.4, 0.5) is 0 Å². The molecular formula is C23H24ClNO5. The van der Waals surface area contributed by atoms with Gasteiger partial charge in [0.05, 0.1) is 23.9 Å². The highest BCUT2D eigenvalue weighted by Gasteiger charge is 2.22. The third kappa shape index (κ3) is 4.76. The molecule has 0 aliphatic carbocycles. The number of rotatable bonds is 5. The van der Waals surface area contributed by atoms with E-state index in [4.69, 9.17) is 25.8 Å². The van der Waals surface area contributed by atoms with Crippen LogP contribution in [0.15, 0.2) is 42.5 Å². The van der Waals surface area contributed by atoms with Crippen LogP contribution in [-0.4, -0.2) is 29.2 Å². The molecule has 0 aliphatic rings. The zero-order valence-electron chi connectivity index (χ0n) is 17.6. The van der Waals surface area contributed by atoms with Gasteiger partial charge in [-0.1, -0.05) is 11.6 Å². The molecule has 0 saturated carbocycles. The maximum atomic E-state index is 12.4. The molecule has 30 heavy (non-hydrogen) atoms. The van der Waals surface area contributed by atoms with Crippen molar-refractivity contribution >= 4 is 34.4 Å². The minimum absolute atomic E-state index is 0.0475. The van der Waals surface area contributed by atoms with Crippen molar-refractivity contribution < 1.29 is 23.8 Å². The minimum atomic E-state index is -0.571. The summed E-state index contributed by atoms with van der Waals surface area (Å²) in [5.41, 5.74) is 1.42. The second-order valence-corrected chi connectivity index (χ2v) is 8.30. The number of nitrogens with zero attached hydrogens (tertiary/aromatic N) is 1. The zero-order valence-corrected chi connectivity index (χ0v) is 18.4. The van der Waals surface area contributed by atoms with Crippen LogP contribution < -0.4 is 4.74 Å². The number of esters is 2. The number of hydrogen-bond donors (Lipinski definition) is 0. The molecule has 0 bridgehead atoms. The van der Waals surface area contributed by atoms with Gasteiger partial charge in [0, 0.05) is 10.4 Å². The standard InChI is InChI=1S/C23H24ClNO5/c1-14-21(29-17-9-6-15(7-10-17)22(27)28-5)18-12-16(24)8-11-19(18)25(14)13-20(26)30-23(2,3)4/h6-12H,13H2,1-5H3. The third-order valence-corrected chi connectivity index (χ3v) is 4.67. The van der Waals surface area contributed by atoms with Crippen LogP contribution in [0.1, 0.15) is 36.8 Å². The van der Waals surface area contributed by atoms with Crippen molar-refractivity contribution in [3.8, 4) is 11.5 Å². The first kappa shape index (κ1) is 21.7. The average Bonchev–Trinajstić information content (AvgIpc) is 2.91. The zero-order chi connectivity index (χ0) is 22.1. The van der Waals surface area contributed by atoms with Crippen LogP contribution in [-0.2, 0) is 20.8 Å². The Balaban J connectivity index is 1.98. The van der Waals surface area contributed by atoms with Gasteiger partial charge < -0.3 is 18.8 Å². The molecule has 3 aromatic rings. The first-order valence-electron chi connectivity index (χ1n) is 9.45. The summed E-state index contributed by atoms with van der Waals surface area (Å²) in [6.45, 7) is 7.41. The lowest BCUT2D eigenvalue weighted by molar-refractivity contribution is -0.155. The average molecular weight is 430 g/mol. The predicted octanol–water partition coefficient (Wildman–Crippen LogP) is 5.52. The van der Waals surface area contributed by atoms with Gasteiger partial charge in [0.1, 0.15) is 17.9 Å². The van der Waals surface area contributed by atoms with Crippen molar-refractivity contribution in [1.29, 1.82) is 0 Å². The van der Waals surface area contributed by atoms with E-state index in [-0.39, 0.29) is 12.5 Å². The summed E-state index contributed by atoms with van der Waals surface area (Å²) in [6.07, 6.45) is 0. The number of carbonyl (C=O) groups excluding carboxylic acids is 2. The Kier molecular flexibility index (Phi) is 6.08. The maximum Gasteiger partial charge on any atom is 0.337 e. The molecule has 0 atom stereocenters. The Morgan fingerprint density at radius 1 is 1.07 bits per heavy atom. The lowest BCUT2D eigenvalue weighted by Crippen LogP contribution is -2.26. The SMILES string of the molecule is COC(=O)c1ccc(Oc2c(C)n(CC(=O)OC(C)(C)C)c3ccc(Cl)cc23)cc1. The maximum absolute atomic E-state index is 12.4. The summed E-state index contributed by atoms with van der Waals surface area (Å²) < 4.78 is 18.2. The number of ether oxygens (including phenoxy) is 3. The molecule has 0 unspecified atom stereocenters. The van der Waals surface area contributed by atoms with Gasteiger partial charge >= 0.3 is 11.9 Å². The molecule has 3 rings (SSSR count). The molecule has 1 aromatic heterocycles. The van der Waals surface area contributed by atoms with E-state index in [0.29, 0.717) is 22.1 Å². The fourth-order valence-corrected chi connectivity index (χ4v) is 3.33. The van der Waals surface area contributed by atoms with Crippen LogP contribution in [0.5, 0.6) is 11.5 Å². The van der Waals surface area contributed by atoms with Gasteiger partial charge in [-0.15, -0.1) is 0 Å². The van der Waals surface area contributed by atoms with Crippen LogP contribution in [0, 0.1) is 6.92 Å². The van der Waals surface area contributed by atoms with Gasteiger partial charge in [0.25, 0.3) is 0 Å². The largest absolute Gasteiger partial charge is 0.465 e. The van der Waals surface area contributed by atoms with Crippen molar-refractivity contribution in [1.82, 2.24) is 4.57 Å². The molecule has 6 nitrogen and oxygen atoms in total. The summed E-state index contributed by atoms with van der Waals surface area (Å²) in [4.78, 5) is 24.1. The summed E-state index contributed by atoms with van der Waals surface area (Å²) in [5, 5.41) is 1.34. The van der Waals surface area contributed by atoms with Gasteiger partial charge in [-0.05, 0) is 70.2 Å². The summed E-state index contributed by atoms with van der Waals surface area (Å²) >= 11 is 6.21. The number of benzene rings is 2. The fraction of sp³-hybridized carbons (Fsp3) is 0.304. The smallest absolute Gasteiger partial charge is 0.337 e. The molecular weight excluding hydrogens is 406 g/mol. The second kappa shape index (κ2) is 8.40. The van der Waals surface area contributed by atoms with Crippen LogP contribution in [0.3, 0.4) is 0 Å². The van der Waals surface area contributed by atoms with E-state index in [9.17, 15) is 9.59 Å². The van der Waals surface area contributed by atoms with Gasteiger partial charge in [-0.25, -0.2) is 4.79 Å². The number of carbonyl (C=O) groups is 2. The summed E-state index contributed by atoms with van der Waals surface area (Å²) in [5.74, 6) is 0.369.